The molecule has 1 fully saturated rings. The fourth-order valence-corrected chi connectivity index (χ4v) is 3.27. The van der Waals surface area contributed by atoms with Gasteiger partial charge in [-0.05, 0) is 43.7 Å². The highest BCUT2D eigenvalue weighted by atomic mass is 16.5. The van der Waals surface area contributed by atoms with Crippen LogP contribution >= 0.6 is 0 Å². The summed E-state index contributed by atoms with van der Waals surface area (Å²) in [5.74, 6) is 1.16. The van der Waals surface area contributed by atoms with Crippen LogP contribution in [0.2, 0.25) is 0 Å². The Bertz CT molecular complexity index is 866. The van der Waals surface area contributed by atoms with Gasteiger partial charge in [0.1, 0.15) is 5.69 Å². The molecule has 26 heavy (non-hydrogen) atoms. The normalized spacial score (nSPS) is 17.9. The lowest BCUT2D eigenvalue weighted by atomic mass is 9.90. The zero-order valence-electron chi connectivity index (χ0n) is 14.3. The van der Waals surface area contributed by atoms with Crippen molar-refractivity contribution in [1.29, 1.82) is 0 Å². The fraction of sp³-hybridized carbons (Fsp3) is 0.316. The van der Waals surface area contributed by atoms with Gasteiger partial charge in [-0.25, -0.2) is 0 Å². The molecule has 1 atom stereocenters. The van der Waals surface area contributed by atoms with Gasteiger partial charge in [-0.3, -0.25) is 19.7 Å². The summed E-state index contributed by atoms with van der Waals surface area (Å²) in [6, 6.07) is 9.20. The van der Waals surface area contributed by atoms with E-state index in [1.807, 2.05) is 24.3 Å². The van der Waals surface area contributed by atoms with E-state index < -0.39 is 0 Å². The van der Waals surface area contributed by atoms with Crippen molar-refractivity contribution in [2.45, 2.75) is 19.4 Å². The third-order valence-corrected chi connectivity index (χ3v) is 4.54. The van der Waals surface area contributed by atoms with E-state index in [-0.39, 0.29) is 11.7 Å². The molecule has 0 aliphatic carbocycles. The standard InChI is InChI=1S/C19H19N5O2/c25-18(14-5-3-8-20-11-14)15-6-4-10-24(12-15)13-17-22-19(23-26-17)16-7-1-2-9-21-16/h1-3,5,7-9,11,15H,4,6,10,12-13H2/t15-/m0/s1. The van der Waals surface area contributed by atoms with Crippen molar-refractivity contribution in [3.8, 4) is 11.5 Å². The van der Waals surface area contributed by atoms with E-state index in [1.165, 1.54) is 0 Å². The maximum absolute atomic E-state index is 12.7. The number of carbonyl (C=O) groups excluding carboxylic acids is 1. The van der Waals surface area contributed by atoms with Crippen molar-refractivity contribution < 1.29 is 9.32 Å². The molecule has 1 saturated heterocycles. The summed E-state index contributed by atoms with van der Waals surface area (Å²) in [5, 5.41) is 4.00. The Kier molecular flexibility index (Phi) is 4.79. The smallest absolute Gasteiger partial charge is 0.241 e. The number of aromatic nitrogens is 4. The first kappa shape index (κ1) is 16.5. The second-order valence-electron chi connectivity index (χ2n) is 6.41. The number of hydrogen-bond donors (Lipinski definition) is 0. The molecule has 0 radical (unpaired) electrons. The molecule has 0 unspecified atom stereocenters. The Morgan fingerprint density at radius 3 is 3.00 bits per heavy atom. The van der Waals surface area contributed by atoms with Gasteiger partial charge < -0.3 is 4.52 Å². The minimum atomic E-state index is -0.0221. The van der Waals surface area contributed by atoms with E-state index in [0.717, 1.165) is 19.4 Å². The summed E-state index contributed by atoms with van der Waals surface area (Å²) in [5.41, 5.74) is 1.36. The molecule has 1 aliphatic rings. The minimum absolute atomic E-state index is 0.0221. The number of pyridine rings is 2. The molecular weight excluding hydrogens is 330 g/mol. The Balaban J connectivity index is 1.41. The first-order valence-electron chi connectivity index (χ1n) is 8.70. The van der Waals surface area contributed by atoms with Crippen molar-refractivity contribution in [3.05, 3.63) is 60.4 Å². The topological polar surface area (TPSA) is 85.0 Å². The molecule has 0 N–H and O–H groups in total. The van der Waals surface area contributed by atoms with Crippen LogP contribution in [-0.4, -0.2) is 43.9 Å². The molecule has 0 bridgehead atoms. The lowest BCUT2D eigenvalue weighted by molar-refractivity contribution is 0.0796. The maximum atomic E-state index is 12.7. The van der Waals surface area contributed by atoms with Gasteiger partial charge in [0.2, 0.25) is 11.7 Å². The van der Waals surface area contributed by atoms with Crippen molar-refractivity contribution in [2.24, 2.45) is 5.92 Å². The van der Waals surface area contributed by atoms with Crippen molar-refractivity contribution >= 4 is 5.78 Å². The highest BCUT2D eigenvalue weighted by Crippen LogP contribution is 2.22. The second kappa shape index (κ2) is 7.53. The fourth-order valence-electron chi connectivity index (χ4n) is 3.27. The second-order valence-corrected chi connectivity index (χ2v) is 6.41. The summed E-state index contributed by atoms with van der Waals surface area (Å²) in [7, 11) is 0. The van der Waals surface area contributed by atoms with Crippen LogP contribution in [0, 0.1) is 5.92 Å². The van der Waals surface area contributed by atoms with Crippen molar-refractivity contribution in [3.63, 3.8) is 0 Å². The third kappa shape index (κ3) is 3.67. The van der Waals surface area contributed by atoms with E-state index in [1.54, 1.807) is 24.7 Å². The van der Waals surface area contributed by atoms with Crippen LogP contribution in [-0.2, 0) is 6.54 Å². The number of nitrogens with zero attached hydrogens (tertiary/aromatic N) is 5. The SMILES string of the molecule is O=C(c1cccnc1)[C@H]1CCCN(Cc2nc(-c3ccccn3)no2)C1. The number of carbonyl (C=O) groups is 1. The van der Waals surface area contributed by atoms with Gasteiger partial charge in [-0.1, -0.05) is 11.2 Å². The largest absolute Gasteiger partial charge is 0.337 e. The van der Waals surface area contributed by atoms with E-state index in [2.05, 4.69) is 25.0 Å². The number of rotatable bonds is 5. The highest BCUT2D eigenvalue weighted by molar-refractivity contribution is 5.97. The van der Waals surface area contributed by atoms with Gasteiger partial charge in [-0.15, -0.1) is 0 Å². The predicted molar refractivity (Wildman–Crippen MR) is 94.1 cm³/mol. The molecular formula is C19H19N5O2. The summed E-state index contributed by atoms with van der Waals surface area (Å²) in [6.07, 6.45) is 6.88. The molecule has 132 valence electrons. The van der Waals surface area contributed by atoms with E-state index in [9.17, 15) is 4.79 Å². The van der Waals surface area contributed by atoms with Gasteiger partial charge in [0.25, 0.3) is 0 Å². The maximum Gasteiger partial charge on any atom is 0.241 e. The Hall–Kier alpha value is -2.93. The molecule has 3 aromatic rings. The van der Waals surface area contributed by atoms with Gasteiger partial charge in [0, 0.05) is 36.6 Å². The first-order valence-corrected chi connectivity index (χ1v) is 8.70. The Labute approximate surface area is 151 Å². The summed E-state index contributed by atoms with van der Waals surface area (Å²) < 4.78 is 5.36. The average Bonchev–Trinajstić information content (AvgIpc) is 3.17. The molecule has 0 saturated carbocycles. The molecule has 4 rings (SSSR count). The van der Waals surface area contributed by atoms with Crippen LogP contribution in [0.1, 0.15) is 29.1 Å². The van der Waals surface area contributed by atoms with Crippen molar-refractivity contribution in [1.82, 2.24) is 25.0 Å². The van der Waals surface area contributed by atoms with E-state index in [0.29, 0.717) is 36.1 Å². The zero-order valence-corrected chi connectivity index (χ0v) is 14.3. The van der Waals surface area contributed by atoms with Crippen LogP contribution < -0.4 is 0 Å². The van der Waals surface area contributed by atoms with Crippen LogP contribution in [0.5, 0.6) is 0 Å². The van der Waals surface area contributed by atoms with Crippen LogP contribution in [0.3, 0.4) is 0 Å². The van der Waals surface area contributed by atoms with Crippen LogP contribution in [0.25, 0.3) is 11.5 Å². The summed E-state index contributed by atoms with van der Waals surface area (Å²) in [6.45, 7) is 2.14. The molecule has 0 aromatic carbocycles. The van der Waals surface area contributed by atoms with Crippen LogP contribution in [0.4, 0.5) is 0 Å². The lowest BCUT2D eigenvalue weighted by Crippen LogP contribution is -2.38. The average molecular weight is 349 g/mol. The number of piperidine rings is 1. The monoisotopic (exact) mass is 349 g/mol. The molecule has 0 spiro atoms. The lowest BCUT2D eigenvalue weighted by Gasteiger charge is -2.30. The number of Topliss-reactive ketones (excluding diaryl/α,β-unsaturated/α-hetero) is 1. The van der Waals surface area contributed by atoms with Gasteiger partial charge in [0.05, 0.1) is 6.54 Å². The molecule has 3 aromatic heterocycles. The number of ketones is 1. The van der Waals surface area contributed by atoms with E-state index in [4.69, 9.17) is 4.52 Å². The minimum Gasteiger partial charge on any atom is -0.337 e. The van der Waals surface area contributed by atoms with Gasteiger partial charge >= 0.3 is 0 Å². The predicted octanol–water partition coefficient (Wildman–Crippen LogP) is 2.62. The summed E-state index contributed by atoms with van der Waals surface area (Å²) >= 11 is 0. The molecule has 1 aliphatic heterocycles. The Morgan fingerprint density at radius 1 is 1.23 bits per heavy atom. The van der Waals surface area contributed by atoms with Crippen LogP contribution in [0.15, 0.2) is 53.4 Å². The van der Waals surface area contributed by atoms with Gasteiger partial charge in [-0.2, -0.15) is 4.98 Å². The Morgan fingerprint density at radius 2 is 2.19 bits per heavy atom. The highest BCUT2D eigenvalue weighted by Gasteiger charge is 2.27. The quantitative estimate of drug-likeness (QED) is 0.655. The first-order chi connectivity index (χ1) is 12.8. The molecule has 0 amide bonds. The molecule has 7 nitrogen and oxygen atoms in total. The third-order valence-electron chi connectivity index (χ3n) is 4.54. The molecule has 7 heteroatoms. The summed E-state index contributed by atoms with van der Waals surface area (Å²) in [4.78, 5) is 27.6. The number of hydrogen-bond acceptors (Lipinski definition) is 7. The van der Waals surface area contributed by atoms with E-state index >= 15 is 0 Å². The number of likely N-dealkylation sites (tertiary alicyclic amines) is 1. The molecule has 4 heterocycles. The van der Waals surface area contributed by atoms with Gasteiger partial charge in [0.15, 0.2) is 5.78 Å². The zero-order chi connectivity index (χ0) is 17.8. The van der Waals surface area contributed by atoms with Crippen molar-refractivity contribution in [2.75, 3.05) is 13.1 Å².